The molecule has 0 radical (unpaired) electrons. The van der Waals surface area contributed by atoms with Gasteiger partial charge in [-0.25, -0.2) is 0 Å². The highest BCUT2D eigenvalue weighted by Crippen LogP contribution is 2.19. The van der Waals surface area contributed by atoms with Gasteiger partial charge in [-0.2, -0.15) is 0 Å². The van der Waals surface area contributed by atoms with Crippen LogP contribution in [0.25, 0.3) is 0 Å². The molecule has 0 rings (SSSR count). The van der Waals surface area contributed by atoms with Crippen molar-refractivity contribution in [2.24, 2.45) is 11.3 Å². The second kappa shape index (κ2) is 12.5. The van der Waals surface area contributed by atoms with Crippen LogP contribution in [0.4, 0.5) is 0 Å². The Kier molecular flexibility index (Phi) is 11.6. The third-order valence-electron chi connectivity index (χ3n) is 4.35. The Bertz CT molecular complexity index is 489. The predicted molar refractivity (Wildman–Crippen MR) is 111 cm³/mol. The molecule has 2 amide bonds. The monoisotopic (exact) mass is 362 g/mol. The molecule has 0 aliphatic carbocycles. The highest BCUT2D eigenvalue weighted by Gasteiger charge is 2.15. The molecule has 148 valence electrons. The third kappa shape index (κ3) is 10.9. The Morgan fingerprint density at radius 1 is 1.08 bits per heavy atom. The molecular weight excluding hydrogens is 324 g/mol. The first-order valence-corrected chi connectivity index (χ1v) is 9.62. The second-order valence-corrected chi connectivity index (χ2v) is 8.04. The number of hydrogen-bond acceptors (Lipinski definition) is 2. The number of likely N-dealkylation sites (N-methyl/N-ethyl adjacent to an activating group) is 1. The Labute approximate surface area is 160 Å². The summed E-state index contributed by atoms with van der Waals surface area (Å²) in [6.45, 7) is 20.7. The molecule has 0 fully saturated rings. The van der Waals surface area contributed by atoms with E-state index in [0.717, 1.165) is 32.4 Å². The summed E-state index contributed by atoms with van der Waals surface area (Å²) in [7, 11) is 0. The summed E-state index contributed by atoms with van der Waals surface area (Å²) in [6.07, 6.45) is 9.41. The zero-order valence-corrected chi connectivity index (χ0v) is 17.5. The van der Waals surface area contributed by atoms with Crippen molar-refractivity contribution in [3.63, 3.8) is 0 Å². The van der Waals surface area contributed by atoms with E-state index in [1.165, 1.54) is 6.08 Å². The predicted octanol–water partition coefficient (Wildman–Crippen LogP) is 4.44. The van der Waals surface area contributed by atoms with Gasteiger partial charge in [0.15, 0.2) is 0 Å². The van der Waals surface area contributed by atoms with Crippen molar-refractivity contribution in [1.82, 2.24) is 9.80 Å². The molecule has 0 aromatic rings. The SMILES string of the molecule is C=CCN(CCC(C)C/C=C\C(=O)N(CC)CCC(C)(C)C)C(=O)C=C. The van der Waals surface area contributed by atoms with E-state index in [1.54, 1.807) is 17.1 Å². The van der Waals surface area contributed by atoms with Crippen molar-refractivity contribution < 1.29 is 9.59 Å². The van der Waals surface area contributed by atoms with Crippen molar-refractivity contribution in [3.8, 4) is 0 Å². The summed E-state index contributed by atoms with van der Waals surface area (Å²) in [6, 6.07) is 0. The highest BCUT2D eigenvalue weighted by molar-refractivity contribution is 5.87. The molecule has 26 heavy (non-hydrogen) atoms. The molecule has 0 aromatic carbocycles. The zero-order chi connectivity index (χ0) is 20.2. The van der Waals surface area contributed by atoms with E-state index in [0.29, 0.717) is 19.0 Å². The standard InChI is InChI=1S/C22H38N2O2/c1-8-16-24(20(25)9-2)17-14-19(4)12-11-13-21(26)23(10-3)18-15-22(5,6)7/h8-9,11,13,19H,1-2,10,12,14-18H2,3-7H3/b13-11-. The van der Waals surface area contributed by atoms with Gasteiger partial charge in [0.25, 0.3) is 0 Å². The summed E-state index contributed by atoms with van der Waals surface area (Å²) in [5.41, 5.74) is 0.228. The van der Waals surface area contributed by atoms with E-state index in [9.17, 15) is 9.59 Å². The molecule has 4 heteroatoms. The molecule has 0 spiro atoms. The van der Waals surface area contributed by atoms with Crippen LogP contribution in [-0.4, -0.2) is 47.8 Å². The van der Waals surface area contributed by atoms with Crippen LogP contribution in [-0.2, 0) is 9.59 Å². The molecule has 0 N–H and O–H groups in total. The van der Waals surface area contributed by atoms with E-state index >= 15 is 0 Å². The Hall–Kier alpha value is -1.84. The van der Waals surface area contributed by atoms with Crippen molar-refractivity contribution in [2.75, 3.05) is 26.2 Å². The molecule has 1 atom stereocenters. The number of rotatable bonds is 12. The Morgan fingerprint density at radius 3 is 2.23 bits per heavy atom. The van der Waals surface area contributed by atoms with E-state index in [2.05, 4.69) is 40.9 Å². The minimum atomic E-state index is -0.0692. The number of amides is 2. The maximum absolute atomic E-state index is 12.3. The van der Waals surface area contributed by atoms with Crippen LogP contribution in [0.15, 0.2) is 37.5 Å². The van der Waals surface area contributed by atoms with Crippen LogP contribution in [0.5, 0.6) is 0 Å². The number of carbonyl (C=O) groups is 2. The van der Waals surface area contributed by atoms with Crippen LogP contribution in [0, 0.1) is 11.3 Å². The molecule has 0 bridgehead atoms. The summed E-state index contributed by atoms with van der Waals surface area (Å²) >= 11 is 0. The Balaban J connectivity index is 4.39. The normalized spacial score (nSPS) is 12.7. The van der Waals surface area contributed by atoms with Crippen LogP contribution in [0.2, 0.25) is 0 Å². The van der Waals surface area contributed by atoms with Crippen LogP contribution in [0.1, 0.15) is 53.9 Å². The average Bonchev–Trinajstić information content (AvgIpc) is 2.57. The first-order chi connectivity index (χ1) is 12.1. The topological polar surface area (TPSA) is 40.6 Å². The van der Waals surface area contributed by atoms with Gasteiger partial charge in [0, 0.05) is 26.2 Å². The lowest BCUT2D eigenvalue weighted by Gasteiger charge is -2.25. The smallest absolute Gasteiger partial charge is 0.246 e. The molecule has 0 aromatic heterocycles. The summed E-state index contributed by atoms with van der Waals surface area (Å²) < 4.78 is 0. The van der Waals surface area contributed by atoms with Gasteiger partial charge in [0.1, 0.15) is 0 Å². The van der Waals surface area contributed by atoms with Crippen molar-refractivity contribution >= 4 is 11.8 Å². The molecule has 0 aliphatic heterocycles. The molecule has 0 saturated carbocycles. The fraction of sp³-hybridized carbons (Fsp3) is 0.636. The molecule has 4 nitrogen and oxygen atoms in total. The largest absolute Gasteiger partial charge is 0.339 e. The lowest BCUT2D eigenvalue weighted by atomic mass is 9.92. The van der Waals surface area contributed by atoms with E-state index in [-0.39, 0.29) is 17.2 Å². The first-order valence-electron chi connectivity index (χ1n) is 9.62. The molecule has 0 aliphatic rings. The van der Waals surface area contributed by atoms with Gasteiger partial charge in [0.2, 0.25) is 11.8 Å². The molecule has 0 heterocycles. The van der Waals surface area contributed by atoms with Crippen molar-refractivity contribution in [2.45, 2.75) is 53.9 Å². The first kappa shape index (κ1) is 24.2. The molecule has 0 saturated heterocycles. The maximum Gasteiger partial charge on any atom is 0.246 e. The van der Waals surface area contributed by atoms with Crippen molar-refractivity contribution in [1.29, 1.82) is 0 Å². The van der Waals surface area contributed by atoms with Gasteiger partial charge >= 0.3 is 0 Å². The van der Waals surface area contributed by atoms with Crippen LogP contribution < -0.4 is 0 Å². The Morgan fingerprint density at radius 2 is 1.73 bits per heavy atom. The quantitative estimate of drug-likeness (QED) is 0.380. The van der Waals surface area contributed by atoms with Crippen LogP contribution >= 0.6 is 0 Å². The fourth-order valence-electron chi connectivity index (χ4n) is 2.47. The van der Waals surface area contributed by atoms with Gasteiger partial charge in [-0.05, 0) is 49.7 Å². The molecule has 1 unspecified atom stereocenters. The van der Waals surface area contributed by atoms with Gasteiger partial charge in [-0.1, -0.05) is 46.4 Å². The zero-order valence-electron chi connectivity index (χ0n) is 17.5. The highest BCUT2D eigenvalue weighted by atomic mass is 16.2. The minimum Gasteiger partial charge on any atom is -0.339 e. The van der Waals surface area contributed by atoms with E-state index in [1.807, 2.05) is 17.9 Å². The number of nitrogens with zero attached hydrogens (tertiary/aromatic N) is 2. The van der Waals surface area contributed by atoms with Gasteiger partial charge in [0.05, 0.1) is 0 Å². The maximum atomic E-state index is 12.3. The average molecular weight is 363 g/mol. The van der Waals surface area contributed by atoms with Gasteiger partial charge in [-0.3, -0.25) is 9.59 Å². The van der Waals surface area contributed by atoms with Gasteiger partial charge in [-0.15, -0.1) is 6.58 Å². The fourth-order valence-corrected chi connectivity index (χ4v) is 2.47. The lowest BCUT2D eigenvalue weighted by molar-refractivity contribution is -0.126. The minimum absolute atomic E-state index is 0.0692. The lowest BCUT2D eigenvalue weighted by Crippen LogP contribution is -2.32. The van der Waals surface area contributed by atoms with E-state index in [4.69, 9.17) is 0 Å². The summed E-state index contributed by atoms with van der Waals surface area (Å²) in [5.74, 6) is 0.410. The number of hydrogen-bond donors (Lipinski definition) is 0. The van der Waals surface area contributed by atoms with E-state index < -0.39 is 0 Å². The summed E-state index contributed by atoms with van der Waals surface area (Å²) in [4.78, 5) is 27.7. The van der Waals surface area contributed by atoms with Gasteiger partial charge < -0.3 is 9.80 Å². The summed E-state index contributed by atoms with van der Waals surface area (Å²) in [5, 5.41) is 0. The number of allylic oxidation sites excluding steroid dienone is 1. The molecular formula is C22H38N2O2. The van der Waals surface area contributed by atoms with Crippen molar-refractivity contribution in [3.05, 3.63) is 37.5 Å². The van der Waals surface area contributed by atoms with Crippen LogP contribution in [0.3, 0.4) is 0 Å². The third-order valence-corrected chi connectivity index (χ3v) is 4.35. The number of carbonyl (C=O) groups excluding carboxylic acids is 2. The second-order valence-electron chi connectivity index (χ2n) is 8.04.